The van der Waals surface area contributed by atoms with E-state index in [9.17, 15) is 13.6 Å². The van der Waals surface area contributed by atoms with Gasteiger partial charge in [0.25, 0.3) is 0 Å². The Hall–Kier alpha value is -1.63. The van der Waals surface area contributed by atoms with Crippen LogP contribution >= 0.6 is 0 Å². The van der Waals surface area contributed by atoms with Crippen LogP contribution in [0.25, 0.3) is 0 Å². The van der Waals surface area contributed by atoms with Gasteiger partial charge in [-0.3, -0.25) is 9.69 Å². The Morgan fingerprint density at radius 3 is 2.62 bits per heavy atom. The maximum atomic E-state index is 13.1. The van der Waals surface area contributed by atoms with Crippen molar-refractivity contribution in [2.75, 3.05) is 6.54 Å². The van der Waals surface area contributed by atoms with Gasteiger partial charge in [0.05, 0.1) is 12.0 Å². The Bertz CT molecular complexity index is 588. The van der Waals surface area contributed by atoms with Crippen molar-refractivity contribution >= 4 is 5.91 Å². The van der Waals surface area contributed by atoms with Crippen molar-refractivity contribution in [3.05, 3.63) is 24.3 Å². The summed E-state index contributed by atoms with van der Waals surface area (Å²) in [4.78, 5) is 23.1. The SMILES string of the molecule is CC1CC(NC(=O)C2(C)CC(F)(F)C2)CCN1Cc1ncccn1. The molecule has 2 heterocycles. The molecule has 24 heavy (non-hydrogen) atoms. The normalized spacial score (nSPS) is 28.8. The molecule has 0 radical (unpaired) electrons. The average molecular weight is 338 g/mol. The average Bonchev–Trinajstić information content (AvgIpc) is 2.49. The molecule has 132 valence electrons. The molecule has 2 aliphatic rings. The third kappa shape index (κ3) is 3.71. The van der Waals surface area contributed by atoms with Crippen LogP contribution in [0.3, 0.4) is 0 Å². The number of nitrogens with one attached hydrogen (secondary N) is 1. The summed E-state index contributed by atoms with van der Waals surface area (Å²) in [6.07, 6.45) is 4.40. The summed E-state index contributed by atoms with van der Waals surface area (Å²) in [5.74, 6) is -2.13. The predicted octanol–water partition coefficient (Wildman–Crippen LogP) is 2.38. The molecule has 1 aromatic heterocycles. The summed E-state index contributed by atoms with van der Waals surface area (Å²) in [5, 5.41) is 2.98. The third-order valence-electron chi connectivity index (χ3n) is 5.16. The standard InChI is InChI=1S/C17H24F2N4O/c1-12-8-13(22-15(24)16(2)10-17(18,19)11-16)4-7-23(12)9-14-20-5-3-6-21-14/h3,5-6,12-13H,4,7-11H2,1-2H3,(H,22,24). The van der Waals surface area contributed by atoms with Crippen LogP contribution in [0, 0.1) is 5.41 Å². The van der Waals surface area contributed by atoms with Crippen LogP contribution in [0.4, 0.5) is 8.78 Å². The number of amides is 1. The van der Waals surface area contributed by atoms with E-state index in [1.165, 1.54) is 0 Å². The first-order chi connectivity index (χ1) is 11.3. The first kappa shape index (κ1) is 17.2. The van der Waals surface area contributed by atoms with Gasteiger partial charge in [-0.25, -0.2) is 18.7 Å². The molecule has 2 atom stereocenters. The van der Waals surface area contributed by atoms with Crippen molar-refractivity contribution in [2.45, 2.75) is 64.1 Å². The Morgan fingerprint density at radius 1 is 1.38 bits per heavy atom. The molecule has 5 nitrogen and oxygen atoms in total. The second kappa shape index (κ2) is 6.35. The van der Waals surface area contributed by atoms with Crippen LogP contribution in [-0.4, -0.2) is 45.3 Å². The summed E-state index contributed by atoms with van der Waals surface area (Å²) >= 11 is 0. The van der Waals surface area contributed by atoms with Gasteiger partial charge in [0.15, 0.2) is 0 Å². The summed E-state index contributed by atoms with van der Waals surface area (Å²) < 4.78 is 26.2. The zero-order chi connectivity index (χ0) is 17.4. The number of aromatic nitrogens is 2. The van der Waals surface area contributed by atoms with Crippen LogP contribution in [0.15, 0.2) is 18.5 Å². The number of hydrogen-bond acceptors (Lipinski definition) is 4. The maximum absolute atomic E-state index is 13.1. The predicted molar refractivity (Wildman–Crippen MR) is 85.4 cm³/mol. The third-order valence-corrected chi connectivity index (χ3v) is 5.16. The molecule has 1 N–H and O–H groups in total. The van der Waals surface area contributed by atoms with Crippen LogP contribution in [-0.2, 0) is 11.3 Å². The Balaban J connectivity index is 1.50. The number of halogens is 2. The fourth-order valence-electron chi connectivity index (χ4n) is 3.79. The number of carbonyl (C=O) groups excluding carboxylic acids is 1. The topological polar surface area (TPSA) is 58.1 Å². The molecule has 0 aromatic carbocycles. The highest BCUT2D eigenvalue weighted by atomic mass is 19.3. The molecule has 1 aromatic rings. The number of piperidine rings is 1. The smallest absolute Gasteiger partial charge is 0.250 e. The molecule has 0 bridgehead atoms. The van der Waals surface area contributed by atoms with E-state index < -0.39 is 11.3 Å². The number of likely N-dealkylation sites (tertiary alicyclic amines) is 1. The molecule has 1 saturated carbocycles. The first-order valence-electron chi connectivity index (χ1n) is 8.46. The molecular formula is C17H24F2N4O. The monoisotopic (exact) mass is 338 g/mol. The van der Waals surface area contributed by atoms with E-state index >= 15 is 0 Å². The summed E-state index contributed by atoms with van der Waals surface area (Å²) in [5.41, 5.74) is -0.915. The minimum Gasteiger partial charge on any atom is -0.353 e. The Kier molecular flexibility index (Phi) is 4.55. The molecule has 3 rings (SSSR count). The second-order valence-electron chi connectivity index (χ2n) is 7.45. The van der Waals surface area contributed by atoms with E-state index in [-0.39, 0.29) is 30.8 Å². The highest BCUT2D eigenvalue weighted by Crippen LogP contribution is 2.51. The molecule has 7 heteroatoms. The van der Waals surface area contributed by atoms with Crippen molar-refractivity contribution in [1.82, 2.24) is 20.2 Å². The van der Waals surface area contributed by atoms with Gasteiger partial charge in [-0.2, -0.15) is 0 Å². The minimum absolute atomic E-state index is 0.0477. The van der Waals surface area contributed by atoms with E-state index in [2.05, 4.69) is 27.1 Å². The Morgan fingerprint density at radius 2 is 2.04 bits per heavy atom. The van der Waals surface area contributed by atoms with Crippen molar-refractivity contribution < 1.29 is 13.6 Å². The van der Waals surface area contributed by atoms with Gasteiger partial charge < -0.3 is 5.32 Å². The lowest BCUT2D eigenvalue weighted by molar-refractivity contribution is -0.175. The quantitative estimate of drug-likeness (QED) is 0.916. The van der Waals surface area contributed by atoms with Gasteiger partial charge in [0, 0.05) is 43.9 Å². The van der Waals surface area contributed by atoms with Crippen molar-refractivity contribution in [3.63, 3.8) is 0 Å². The number of rotatable bonds is 4. The van der Waals surface area contributed by atoms with Crippen molar-refractivity contribution in [3.8, 4) is 0 Å². The highest BCUT2D eigenvalue weighted by molar-refractivity contribution is 5.83. The Labute approximate surface area is 140 Å². The van der Waals surface area contributed by atoms with Crippen LogP contribution in [0.1, 0.15) is 45.4 Å². The zero-order valence-corrected chi connectivity index (χ0v) is 14.1. The van der Waals surface area contributed by atoms with Gasteiger partial charge in [0.2, 0.25) is 11.8 Å². The lowest BCUT2D eigenvalue weighted by Gasteiger charge is -2.45. The largest absolute Gasteiger partial charge is 0.353 e. The molecule has 2 fully saturated rings. The molecule has 1 aliphatic heterocycles. The van der Waals surface area contributed by atoms with Gasteiger partial charge >= 0.3 is 0 Å². The molecular weight excluding hydrogens is 314 g/mol. The highest BCUT2D eigenvalue weighted by Gasteiger charge is 2.57. The van der Waals surface area contributed by atoms with E-state index in [1.54, 1.807) is 25.4 Å². The van der Waals surface area contributed by atoms with Crippen molar-refractivity contribution in [1.29, 1.82) is 0 Å². The number of nitrogens with zero attached hydrogens (tertiary/aromatic N) is 3. The zero-order valence-electron chi connectivity index (χ0n) is 14.1. The van der Waals surface area contributed by atoms with Crippen LogP contribution in [0.5, 0.6) is 0 Å². The van der Waals surface area contributed by atoms with Gasteiger partial charge in [-0.1, -0.05) is 6.92 Å². The van der Waals surface area contributed by atoms with E-state index in [4.69, 9.17) is 0 Å². The fourth-order valence-corrected chi connectivity index (χ4v) is 3.79. The maximum Gasteiger partial charge on any atom is 0.250 e. The second-order valence-corrected chi connectivity index (χ2v) is 7.45. The number of alkyl halides is 2. The first-order valence-corrected chi connectivity index (χ1v) is 8.46. The molecule has 1 amide bonds. The van der Waals surface area contributed by atoms with Crippen molar-refractivity contribution in [2.24, 2.45) is 5.41 Å². The number of carbonyl (C=O) groups is 1. The summed E-state index contributed by atoms with van der Waals surface area (Å²) in [6, 6.07) is 2.12. The summed E-state index contributed by atoms with van der Waals surface area (Å²) in [6.45, 7) is 5.26. The lowest BCUT2D eigenvalue weighted by atomic mass is 9.66. The van der Waals surface area contributed by atoms with Crippen LogP contribution < -0.4 is 5.32 Å². The molecule has 2 unspecified atom stereocenters. The van der Waals surface area contributed by atoms with E-state index in [0.717, 1.165) is 25.2 Å². The lowest BCUT2D eigenvalue weighted by Crippen LogP contribution is -2.57. The fraction of sp³-hybridized carbons (Fsp3) is 0.706. The van der Waals surface area contributed by atoms with Crippen LogP contribution in [0.2, 0.25) is 0 Å². The van der Waals surface area contributed by atoms with E-state index in [0.29, 0.717) is 6.54 Å². The van der Waals surface area contributed by atoms with E-state index in [1.807, 2.05) is 0 Å². The summed E-state index contributed by atoms with van der Waals surface area (Å²) in [7, 11) is 0. The number of hydrogen-bond donors (Lipinski definition) is 1. The van der Waals surface area contributed by atoms with Gasteiger partial charge in [-0.15, -0.1) is 0 Å². The molecule has 0 spiro atoms. The van der Waals surface area contributed by atoms with Gasteiger partial charge in [0.1, 0.15) is 5.82 Å². The molecule has 1 aliphatic carbocycles. The minimum atomic E-state index is -2.68. The molecule has 1 saturated heterocycles. The van der Waals surface area contributed by atoms with Gasteiger partial charge in [-0.05, 0) is 25.8 Å².